The number of nitrogens with one attached hydrogen (secondary N) is 3. The number of hydrogen-bond donors (Lipinski definition) is 3. The third-order valence-electron chi connectivity index (χ3n) is 4.73. The second kappa shape index (κ2) is 9.73. The first-order valence-corrected chi connectivity index (χ1v) is 9.35. The fourth-order valence-corrected chi connectivity index (χ4v) is 3.31. The van der Waals surface area contributed by atoms with Crippen LogP contribution in [0, 0.1) is 5.82 Å². The third kappa shape index (κ3) is 5.06. The molecular formula is C21H24FIN6. The van der Waals surface area contributed by atoms with Crippen LogP contribution in [0.5, 0.6) is 0 Å². The number of imidazole rings is 1. The topological polar surface area (TPSA) is 69.5 Å². The molecule has 1 aromatic carbocycles. The number of aromatic nitrogens is 3. The number of halogens is 2. The molecule has 0 unspecified atom stereocenters. The van der Waals surface area contributed by atoms with E-state index in [4.69, 9.17) is 0 Å². The van der Waals surface area contributed by atoms with E-state index in [2.05, 4.69) is 25.6 Å². The zero-order valence-electron chi connectivity index (χ0n) is 16.2. The van der Waals surface area contributed by atoms with Gasteiger partial charge < -0.3 is 20.0 Å². The Kier molecular flexibility index (Phi) is 7.08. The van der Waals surface area contributed by atoms with Crippen molar-refractivity contribution >= 4 is 46.5 Å². The Labute approximate surface area is 185 Å². The van der Waals surface area contributed by atoms with E-state index in [0.29, 0.717) is 6.54 Å². The molecule has 29 heavy (non-hydrogen) atoms. The van der Waals surface area contributed by atoms with Crippen molar-refractivity contribution in [2.24, 2.45) is 4.99 Å². The maximum Gasteiger partial charge on any atom is 0.190 e. The van der Waals surface area contributed by atoms with Crippen LogP contribution in [-0.2, 0) is 12.8 Å². The Morgan fingerprint density at radius 3 is 2.79 bits per heavy atom. The molecule has 3 N–H and O–H groups in total. The van der Waals surface area contributed by atoms with Crippen molar-refractivity contribution < 1.29 is 4.39 Å². The van der Waals surface area contributed by atoms with E-state index in [-0.39, 0.29) is 29.8 Å². The molecule has 3 aromatic heterocycles. The van der Waals surface area contributed by atoms with Crippen molar-refractivity contribution in [1.82, 2.24) is 25.0 Å². The van der Waals surface area contributed by atoms with Gasteiger partial charge in [0.2, 0.25) is 0 Å². The Morgan fingerprint density at radius 1 is 1.17 bits per heavy atom. The second-order valence-electron chi connectivity index (χ2n) is 6.63. The van der Waals surface area contributed by atoms with Crippen molar-refractivity contribution in [2.75, 3.05) is 20.1 Å². The van der Waals surface area contributed by atoms with Gasteiger partial charge in [0.25, 0.3) is 0 Å². The lowest BCUT2D eigenvalue weighted by Gasteiger charge is -2.11. The summed E-state index contributed by atoms with van der Waals surface area (Å²) in [6, 6.07) is 10.8. The summed E-state index contributed by atoms with van der Waals surface area (Å²) in [6.07, 6.45) is 7.56. The van der Waals surface area contributed by atoms with Gasteiger partial charge in [0, 0.05) is 56.1 Å². The Bertz CT molecular complexity index is 1080. The summed E-state index contributed by atoms with van der Waals surface area (Å²) in [7, 11) is 1.75. The Balaban J connectivity index is 0.00000240. The van der Waals surface area contributed by atoms with Crippen LogP contribution in [0.2, 0.25) is 0 Å². The van der Waals surface area contributed by atoms with Crippen LogP contribution < -0.4 is 10.6 Å². The van der Waals surface area contributed by atoms with Gasteiger partial charge in [-0.1, -0.05) is 6.07 Å². The van der Waals surface area contributed by atoms with Crippen LogP contribution in [0.15, 0.2) is 60.0 Å². The number of H-pyrrole nitrogens is 1. The van der Waals surface area contributed by atoms with Crippen molar-refractivity contribution in [3.8, 4) is 0 Å². The maximum atomic E-state index is 13.5. The SMILES string of the molecule is CN=C(NCCc1cn2ccccc2n1)NCCc1c[nH]c2ccc(F)cc12.I. The molecule has 8 heteroatoms. The first-order chi connectivity index (χ1) is 13.7. The minimum Gasteiger partial charge on any atom is -0.361 e. The molecular weight excluding hydrogens is 482 g/mol. The Morgan fingerprint density at radius 2 is 2.00 bits per heavy atom. The van der Waals surface area contributed by atoms with Gasteiger partial charge >= 0.3 is 0 Å². The largest absolute Gasteiger partial charge is 0.361 e. The quantitative estimate of drug-likeness (QED) is 0.213. The predicted octanol–water partition coefficient (Wildman–Crippen LogP) is 3.52. The molecule has 0 aliphatic carbocycles. The molecule has 0 aliphatic rings. The third-order valence-corrected chi connectivity index (χ3v) is 4.73. The molecule has 3 heterocycles. The molecule has 0 spiro atoms. The number of pyridine rings is 1. The Hall–Kier alpha value is -2.62. The van der Waals surface area contributed by atoms with Crippen LogP contribution >= 0.6 is 24.0 Å². The number of benzene rings is 1. The van der Waals surface area contributed by atoms with Crippen molar-refractivity contribution in [3.05, 3.63) is 72.1 Å². The van der Waals surface area contributed by atoms with E-state index in [1.807, 2.05) is 41.2 Å². The molecule has 4 aromatic rings. The first-order valence-electron chi connectivity index (χ1n) is 9.35. The molecule has 6 nitrogen and oxygen atoms in total. The molecule has 0 amide bonds. The molecule has 0 fully saturated rings. The number of guanidine groups is 1. The highest BCUT2D eigenvalue weighted by Gasteiger charge is 2.06. The maximum absolute atomic E-state index is 13.5. The van der Waals surface area contributed by atoms with Crippen molar-refractivity contribution in [2.45, 2.75) is 12.8 Å². The molecule has 0 radical (unpaired) electrons. The minimum absolute atomic E-state index is 0. The van der Waals surface area contributed by atoms with Crippen LogP contribution in [0.4, 0.5) is 4.39 Å². The highest BCUT2D eigenvalue weighted by molar-refractivity contribution is 14.0. The molecule has 0 atom stereocenters. The standard InChI is InChI=1S/C21H23FN6.HI/c1-23-21(25-10-8-17-14-28-11-3-2-4-20(28)27-17)24-9-7-15-13-26-19-6-5-16(22)12-18(15)19;/h2-6,11-14,26H,7-10H2,1H3,(H2,23,24,25);1H. The first kappa shape index (κ1) is 21.1. The van der Waals surface area contributed by atoms with Gasteiger partial charge in [0.1, 0.15) is 11.5 Å². The van der Waals surface area contributed by atoms with Gasteiger partial charge in [-0.2, -0.15) is 0 Å². The predicted molar refractivity (Wildman–Crippen MR) is 126 cm³/mol. The zero-order valence-corrected chi connectivity index (χ0v) is 18.5. The molecule has 4 rings (SSSR count). The summed E-state index contributed by atoms with van der Waals surface area (Å²) >= 11 is 0. The molecule has 0 saturated heterocycles. The summed E-state index contributed by atoms with van der Waals surface area (Å²) < 4.78 is 15.5. The summed E-state index contributed by atoms with van der Waals surface area (Å²) in [5, 5.41) is 7.54. The fourth-order valence-electron chi connectivity index (χ4n) is 3.31. The van der Waals surface area contributed by atoms with Gasteiger partial charge in [0.15, 0.2) is 5.96 Å². The smallest absolute Gasteiger partial charge is 0.190 e. The average Bonchev–Trinajstić information content (AvgIpc) is 3.30. The molecule has 152 valence electrons. The lowest BCUT2D eigenvalue weighted by molar-refractivity contribution is 0.629. The van der Waals surface area contributed by atoms with E-state index in [1.54, 1.807) is 19.2 Å². The normalized spacial score (nSPS) is 11.6. The fraction of sp³-hybridized carbons (Fsp3) is 0.238. The van der Waals surface area contributed by atoms with Crippen molar-refractivity contribution in [3.63, 3.8) is 0 Å². The molecule has 0 bridgehead atoms. The number of hydrogen-bond acceptors (Lipinski definition) is 2. The van der Waals surface area contributed by atoms with Gasteiger partial charge in [0.05, 0.1) is 5.69 Å². The van der Waals surface area contributed by atoms with Crippen LogP contribution in [0.25, 0.3) is 16.6 Å². The van der Waals surface area contributed by atoms with E-state index in [1.165, 1.54) is 6.07 Å². The number of aromatic amines is 1. The molecule has 0 aliphatic heterocycles. The lowest BCUT2D eigenvalue weighted by atomic mass is 10.1. The molecule has 0 saturated carbocycles. The summed E-state index contributed by atoms with van der Waals surface area (Å²) in [6.45, 7) is 1.44. The minimum atomic E-state index is -0.217. The number of aliphatic imine (C=N–C) groups is 1. The van der Waals surface area contributed by atoms with Crippen LogP contribution in [0.1, 0.15) is 11.3 Å². The number of rotatable bonds is 6. The van der Waals surface area contributed by atoms with E-state index >= 15 is 0 Å². The van der Waals surface area contributed by atoms with E-state index in [9.17, 15) is 4.39 Å². The number of fused-ring (bicyclic) bond motifs is 2. The second-order valence-corrected chi connectivity index (χ2v) is 6.63. The van der Waals surface area contributed by atoms with E-state index in [0.717, 1.165) is 53.2 Å². The lowest BCUT2D eigenvalue weighted by Crippen LogP contribution is -2.39. The van der Waals surface area contributed by atoms with Crippen molar-refractivity contribution in [1.29, 1.82) is 0 Å². The van der Waals surface area contributed by atoms with E-state index < -0.39 is 0 Å². The number of nitrogens with zero attached hydrogens (tertiary/aromatic N) is 3. The summed E-state index contributed by atoms with van der Waals surface area (Å²) in [4.78, 5) is 12.0. The van der Waals surface area contributed by atoms with Gasteiger partial charge in [-0.15, -0.1) is 24.0 Å². The highest BCUT2D eigenvalue weighted by Crippen LogP contribution is 2.19. The van der Waals surface area contributed by atoms with Crippen LogP contribution in [-0.4, -0.2) is 40.5 Å². The monoisotopic (exact) mass is 506 g/mol. The van der Waals surface area contributed by atoms with Gasteiger partial charge in [-0.25, -0.2) is 9.37 Å². The van der Waals surface area contributed by atoms with Gasteiger partial charge in [-0.3, -0.25) is 4.99 Å². The highest BCUT2D eigenvalue weighted by atomic mass is 127. The summed E-state index contributed by atoms with van der Waals surface area (Å²) in [5.41, 5.74) is 4.03. The van der Waals surface area contributed by atoms with Gasteiger partial charge in [-0.05, 0) is 42.3 Å². The average molecular weight is 506 g/mol. The van der Waals surface area contributed by atoms with Crippen LogP contribution in [0.3, 0.4) is 0 Å². The zero-order chi connectivity index (χ0) is 19.3. The summed E-state index contributed by atoms with van der Waals surface area (Å²) in [5.74, 6) is 0.528.